The fraction of sp³-hybridized carbons (Fsp3) is 0.409. The van der Waals surface area contributed by atoms with Gasteiger partial charge in [-0.1, -0.05) is 35.0 Å². The zero-order valence-electron chi connectivity index (χ0n) is 16.7. The number of hydrogen-bond acceptors (Lipinski definition) is 4. The summed E-state index contributed by atoms with van der Waals surface area (Å²) in [5, 5.41) is 11.5. The molecule has 1 atom stereocenters. The molecule has 0 spiro atoms. The molecule has 6 nitrogen and oxygen atoms in total. The molecule has 1 aromatic carbocycles. The number of amides is 1. The summed E-state index contributed by atoms with van der Waals surface area (Å²) < 4.78 is 5.20. The van der Waals surface area contributed by atoms with Gasteiger partial charge in [-0.05, 0) is 39.2 Å². The molecular weight excluding hydrogens is 352 g/mol. The lowest BCUT2D eigenvalue weighted by atomic mass is 9.90. The Morgan fingerprint density at radius 3 is 2.75 bits per heavy atom. The van der Waals surface area contributed by atoms with Crippen LogP contribution in [0, 0.1) is 20.8 Å². The lowest BCUT2D eigenvalue weighted by molar-refractivity contribution is -0.131. The molecule has 146 valence electrons. The molecule has 0 aliphatic carbocycles. The van der Waals surface area contributed by atoms with Crippen LogP contribution >= 0.6 is 0 Å². The van der Waals surface area contributed by atoms with Crippen LogP contribution in [0.2, 0.25) is 0 Å². The molecule has 28 heavy (non-hydrogen) atoms. The summed E-state index contributed by atoms with van der Waals surface area (Å²) in [6, 6.07) is 8.50. The maximum absolute atomic E-state index is 12.9. The van der Waals surface area contributed by atoms with E-state index in [0.29, 0.717) is 13.0 Å². The van der Waals surface area contributed by atoms with Crippen molar-refractivity contribution in [3.8, 4) is 11.1 Å². The fourth-order valence-electron chi connectivity index (χ4n) is 4.03. The second-order valence-corrected chi connectivity index (χ2v) is 7.72. The first kappa shape index (κ1) is 18.5. The van der Waals surface area contributed by atoms with Gasteiger partial charge in [0.05, 0.1) is 18.3 Å². The second kappa shape index (κ2) is 7.62. The van der Waals surface area contributed by atoms with Crippen molar-refractivity contribution >= 4 is 5.91 Å². The van der Waals surface area contributed by atoms with E-state index in [9.17, 15) is 4.79 Å². The summed E-state index contributed by atoms with van der Waals surface area (Å²) in [6.07, 6.45) is 4.28. The van der Waals surface area contributed by atoms with Crippen LogP contribution in [0.1, 0.15) is 47.0 Å². The largest absolute Gasteiger partial charge is 0.361 e. The average Bonchev–Trinajstić information content (AvgIpc) is 3.31. The van der Waals surface area contributed by atoms with E-state index < -0.39 is 0 Å². The Morgan fingerprint density at radius 1 is 1.25 bits per heavy atom. The Hall–Kier alpha value is -2.89. The number of likely N-dealkylation sites (tertiary alicyclic amines) is 1. The molecule has 0 radical (unpaired) electrons. The van der Waals surface area contributed by atoms with Gasteiger partial charge in [0.15, 0.2) is 0 Å². The SMILES string of the molecule is Cc1ccc(-c2cn[nH]c2[C@@H]2CCCN(C(=O)Cc3c(C)noc3C)C2)cc1. The number of carbonyl (C=O) groups is 1. The van der Waals surface area contributed by atoms with Crippen LogP contribution in [0.15, 0.2) is 35.0 Å². The molecule has 2 aromatic heterocycles. The topological polar surface area (TPSA) is 75.0 Å². The first-order valence-electron chi connectivity index (χ1n) is 9.82. The first-order chi connectivity index (χ1) is 13.5. The van der Waals surface area contributed by atoms with Gasteiger partial charge in [0.2, 0.25) is 5.91 Å². The van der Waals surface area contributed by atoms with Crippen molar-refractivity contribution in [1.29, 1.82) is 0 Å². The average molecular weight is 378 g/mol. The molecule has 3 aromatic rings. The van der Waals surface area contributed by atoms with E-state index >= 15 is 0 Å². The summed E-state index contributed by atoms with van der Waals surface area (Å²) >= 11 is 0. The minimum Gasteiger partial charge on any atom is -0.361 e. The van der Waals surface area contributed by atoms with E-state index in [1.807, 2.05) is 24.9 Å². The molecule has 0 unspecified atom stereocenters. The Labute approximate surface area is 164 Å². The molecule has 1 aliphatic heterocycles. The number of H-pyrrole nitrogens is 1. The van der Waals surface area contributed by atoms with Crippen molar-refractivity contribution in [3.05, 3.63) is 58.7 Å². The number of rotatable bonds is 4. The lowest BCUT2D eigenvalue weighted by Gasteiger charge is -2.33. The Kier molecular flexibility index (Phi) is 5.03. The van der Waals surface area contributed by atoms with Gasteiger partial charge in [-0.15, -0.1) is 0 Å². The minimum absolute atomic E-state index is 0.135. The van der Waals surface area contributed by atoms with Crippen LogP contribution < -0.4 is 0 Å². The third-order valence-corrected chi connectivity index (χ3v) is 5.72. The third kappa shape index (κ3) is 3.59. The smallest absolute Gasteiger partial charge is 0.227 e. The normalized spacial score (nSPS) is 17.1. The van der Waals surface area contributed by atoms with Crippen LogP contribution in [0.25, 0.3) is 11.1 Å². The Morgan fingerprint density at radius 2 is 2.04 bits per heavy atom. The van der Waals surface area contributed by atoms with Crippen LogP contribution in [-0.4, -0.2) is 39.3 Å². The first-order valence-corrected chi connectivity index (χ1v) is 9.82. The number of hydrogen-bond donors (Lipinski definition) is 1. The Balaban J connectivity index is 1.51. The molecule has 1 saturated heterocycles. The lowest BCUT2D eigenvalue weighted by Crippen LogP contribution is -2.40. The quantitative estimate of drug-likeness (QED) is 0.746. The van der Waals surface area contributed by atoms with Gasteiger partial charge in [-0.2, -0.15) is 5.10 Å². The zero-order valence-corrected chi connectivity index (χ0v) is 16.7. The Bertz CT molecular complexity index is 951. The fourth-order valence-corrected chi connectivity index (χ4v) is 4.03. The van der Waals surface area contributed by atoms with E-state index in [2.05, 4.69) is 46.5 Å². The predicted octanol–water partition coefficient (Wildman–Crippen LogP) is 3.94. The third-order valence-electron chi connectivity index (χ3n) is 5.72. The molecule has 4 rings (SSSR count). The number of aryl methyl sites for hydroxylation is 3. The number of nitrogens with one attached hydrogen (secondary N) is 1. The highest BCUT2D eigenvalue weighted by Gasteiger charge is 2.28. The number of piperidine rings is 1. The van der Waals surface area contributed by atoms with E-state index in [1.165, 1.54) is 5.56 Å². The summed E-state index contributed by atoms with van der Waals surface area (Å²) in [7, 11) is 0. The van der Waals surface area contributed by atoms with Crippen molar-refractivity contribution in [3.63, 3.8) is 0 Å². The van der Waals surface area contributed by atoms with Gasteiger partial charge in [-0.3, -0.25) is 9.89 Å². The number of aromatic nitrogens is 3. The van der Waals surface area contributed by atoms with Crippen molar-refractivity contribution in [2.24, 2.45) is 0 Å². The van der Waals surface area contributed by atoms with Crippen molar-refractivity contribution in [1.82, 2.24) is 20.3 Å². The number of nitrogens with zero attached hydrogens (tertiary/aromatic N) is 3. The molecule has 1 fully saturated rings. The van der Waals surface area contributed by atoms with Gasteiger partial charge in [-0.25, -0.2) is 0 Å². The molecule has 6 heteroatoms. The maximum Gasteiger partial charge on any atom is 0.227 e. The van der Waals surface area contributed by atoms with Crippen molar-refractivity contribution < 1.29 is 9.32 Å². The van der Waals surface area contributed by atoms with E-state index in [4.69, 9.17) is 4.52 Å². The maximum atomic E-state index is 12.9. The highest BCUT2D eigenvalue weighted by Crippen LogP contribution is 2.33. The summed E-state index contributed by atoms with van der Waals surface area (Å²) in [5.74, 6) is 1.13. The van der Waals surface area contributed by atoms with Gasteiger partial charge in [0, 0.05) is 35.8 Å². The molecule has 0 saturated carbocycles. The molecule has 1 aliphatic rings. The van der Waals surface area contributed by atoms with Gasteiger partial charge < -0.3 is 9.42 Å². The van der Waals surface area contributed by atoms with Gasteiger partial charge >= 0.3 is 0 Å². The summed E-state index contributed by atoms with van der Waals surface area (Å²) in [4.78, 5) is 14.9. The van der Waals surface area contributed by atoms with Crippen LogP contribution in [0.3, 0.4) is 0 Å². The summed E-state index contributed by atoms with van der Waals surface area (Å²) in [6.45, 7) is 7.34. The molecule has 1 amide bonds. The van der Waals surface area contributed by atoms with E-state index in [0.717, 1.165) is 53.2 Å². The summed E-state index contributed by atoms with van der Waals surface area (Å²) in [5.41, 5.74) is 6.36. The highest BCUT2D eigenvalue weighted by molar-refractivity contribution is 5.79. The predicted molar refractivity (Wildman–Crippen MR) is 107 cm³/mol. The van der Waals surface area contributed by atoms with Gasteiger partial charge in [0.1, 0.15) is 5.76 Å². The molecule has 3 heterocycles. The zero-order chi connectivity index (χ0) is 19.7. The highest BCUT2D eigenvalue weighted by atomic mass is 16.5. The van der Waals surface area contributed by atoms with Crippen LogP contribution in [0.5, 0.6) is 0 Å². The van der Waals surface area contributed by atoms with Crippen LogP contribution in [-0.2, 0) is 11.2 Å². The minimum atomic E-state index is 0.135. The van der Waals surface area contributed by atoms with E-state index in [-0.39, 0.29) is 11.8 Å². The number of aromatic amines is 1. The monoisotopic (exact) mass is 378 g/mol. The second-order valence-electron chi connectivity index (χ2n) is 7.72. The molecule has 0 bridgehead atoms. The van der Waals surface area contributed by atoms with Crippen LogP contribution in [0.4, 0.5) is 0 Å². The van der Waals surface area contributed by atoms with E-state index in [1.54, 1.807) is 0 Å². The molecule has 1 N–H and O–H groups in total. The van der Waals surface area contributed by atoms with Crippen molar-refractivity contribution in [2.75, 3.05) is 13.1 Å². The number of carbonyl (C=O) groups excluding carboxylic acids is 1. The molecular formula is C22H26N4O2. The van der Waals surface area contributed by atoms with Crippen molar-refractivity contribution in [2.45, 2.75) is 46.0 Å². The standard InChI is InChI=1S/C22H26N4O2/c1-14-6-8-17(9-7-14)20-12-23-24-22(20)18-5-4-10-26(13-18)21(27)11-19-15(2)25-28-16(19)3/h6-9,12,18H,4-5,10-11,13H2,1-3H3,(H,23,24)/t18-/m1/s1. The number of benzene rings is 1. The van der Waals surface area contributed by atoms with Gasteiger partial charge in [0.25, 0.3) is 0 Å².